The van der Waals surface area contributed by atoms with E-state index in [-0.39, 0.29) is 42.5 Å². The smallest absolute Gasteiger partial charge is 0.417 e. The lowest BCUT2D eigenvalue weighted by molar-refractivity contribution is -0.137. The lowest BCUT2D eigenvalue weighted by atomic mass is 10.1. The summed E-state index contributed by atoms with van der Waals surface area (Å²) in [4.78, 5) is 20.8. The van der Waals surface area contributed by atoms with Crippen LogP contribution in [0.4, 0.5) is 18.0 Å². The highest BCUT2D eigenvalue weighted by molar-refractivity contribution is 14.0. The molecule has 2 heterocycles. The number of aromatic nitrogens is 1. The predicted octanol–water partition coefficient (Wildman–Crippen LogP) is 2.20. The van der Waals surface area contributed by atoms with Crippen LogP contribution in [-0.2, 0) is 6.18 Å². The van der Waals surface area contributed by atoms with Gasteiger partial charge in [-0.1, -0.05) is 0 Å². The Kier molecular flexibility index (Phi) is 10.3. The molecule has 4 N–H and O–H groups in total. The summed E-state index contributed by atoms with van der Waals surface area (Å²) in [5.41, 5.74) is 4.46. The third-order valence-corrected chi connectivity index (χ3v) is 4.17. The third-order valence-electron chi connectivity index (χ3n) is 4.17. The summed E-state index contributed by atoms with van der Waals surface area (Å²) >= 11 is 0. The number of rotatable bonds is 6. The first-order valence-electron chi connectivity index (χ1n) is 9.05. The fraction of sp³-hybridized carbons (Fsp3) is 0.588. The van der Waals surface area contributed by atoms with Crippen molar-refractivity contribution in [3.05, 3.63) is 23.9 Å². The molecule has 2 amide bonds. The molecule has 1 aliphatic heterocycles. The number of nitrogens with zero attached hydrogens (tertiary/aromatic N) is 3. The molecule has 8 nitrogen and oxygen atoms in total. The van der Waals surface area contributed by atoms with Gasteiger partial charge in [-0.05, 0) is 25.8 Å². The van der Waals surface area contributed by atoms with Crippen LogP contribution < -0.4 is 21.1 Å². The Morgan fingerprint density at radius 1 is 1.38 bits per heavy atom. The maximum atomic E-state index is 12.5. The number of guanidine groups is 1. The number of halogens is 4. The number of piperidine rings is 1. The first-order chi connectivity index (χ1) is 13.3. The standard InChI is InChI=1S/C17H25F3N6O2.HI/c1-2-22-16(25-13-5-8-26(9-6-13)15(21)27)23-7-10-28-14-4-3-12(11-24-14)17(18,19)20;/h3-4,11,13H,2,5-10H2,1H3,(H2,21,27)(H2,22,23,25);1H. The number of carbonyl (C=O) groups excluding carboxylic acids is 1. The Morgan fingerprint density at radius 3 is 2.59 bits per heavy atom. The van der Waals surface area contributed by atoms with E-state index in [9.17, 15) is 18.0 Å². The highest BCUT2D eigenvalue weighted by atomic mass is 127. The zero-order valence-electron chi connectivity index (χ0n) is 16.0. The van der Waals surface area contributed by atoms with E-state index < -0.39 is 17.8 Å². The topological polar surface area (TPSA) is 105 Å². The van der Waals surface area contributed by atoms with Gasteiger partial charge < -0.3 is 26.0 Å². The summed E-state index contributed by atoms with van der Waals surface area (Å²) in [5.74, 6) is 0.726. The van der Waals surface area contributed by atoms with Crippen LogP contribution in [0.25, 0.3) is 0 Å². The maximum Gasteiger partial charge on any atom is 0.417 e. The summed E-state index contributed by atoms with van der Waals surface area (Å²) in [6.07, 6.45) is -2.16. The molecule has 0 aromatic carbocycles. The summed E-state index contributed by atoms with van der Waals surface area (Å²) in [6, 6.07) is 1.87. The second kappa shape index (κ2) is 11.9. The molecule has 0 radical (unpaired) electrons. The first kappa shape index (κ1) is 25.0. The van der Waals surface area contributed by atoms with E-state index in [0.29, 0.717) is 32.1 Å². The van der Waals surface area contributed by atoms with Crippen LogP contribution >= 0.6 is 24.0 Å². The Labute approximate surface area is 184 Å². The summed E-state index contributed by atoms with van der Waals surface area (Å²) < 4.78 is 42.8. The van der Waals surface area contributed by atoms with Gasteiger partial charge in [-0.2, -0.15) is 13.2 Å². The van der Waals surface area contributed by atoms with E-state index in [1.165, 1.54) is 6.07 Å². The zero-order chi connectivity index (χ0) is 20.6. The van der Waals surface area contributed by atoms with Crippen LogP contribution in [0.2, 0.25) is 0 Å². The molecule has 0 unspecified atom stereocenters. The van der Waals surface area contributed by atoms with E-state index in [0.717, 1.165) is 25.1 Å². The van der Waals surface area contributed by atoms with E-state index in [4.69, 9.17) is 10.5 Å². The van der Waals surface area contributed by atoms with Crippen LogP contribution in [0.5, 0.6) is 5.88 Å². The van der Waals surface area contributed by atoms with Gasteiger partial charge in [-0.25, -0.2) is 14.8 Å². The Morgan fingerprint density at radius 2 is 2.07 bits per heavy atom. The van der Waals surface area contributed by atoms with Gasteiger partial charge in [0.2, 0.25) is 5.88 Å². The molecule has 0 bridgehead atoms. The molecule has 1 fully saturated rings. The van der Waals surface area contributed by atoms with Crippen LogP contribution in [0.15, 0.2) is 23.3 Å². The van der Waals surface area contributed by atoms with Crippen molar-refractivity contribution in [3.63, 3.8) is 0 Å². The number of aliphatic imine (C=N–C) groups is 1. The maximum absolute atomic E-state index is 12.5. The van der Waals surface area contributed by atoms with Crippen LogP contribution in [0.3, 0.4) is 0 Å². The number of ether oxygens (including phenoxy) is 1. The molecule has 12 heteroatoms. The predicted molar refractivity (Wildman–Crippen MR) is 113 cm³/mol. The fourth-order valence-corrected chi connectivity index (χ4v) is 2.70. The molecule has 164 valence electrons. The molecule has 2 rings (SSSR count). The van der Waals surface area contributed by atoms with Crippen LogP contribution in [0.1, 0.15) is 25.3 Å². The largest absolute Gasteiger partial charge is 0.476 e. The van der Waals surface area contributed by atoms with Crippen LogP contribution in [-0.4, -0.2) is 60.7 Å². The quantitative estimate of drug-likeness (QED) is 0.227. The molecular weight excluding hydrogens is 504 g/mol. The highest BCUT2D eigenvalue weighted by Gasteiger charge is 2.30. The normalized spacial score (nSPS) is 15.4. The molecule has 29 heavy (non-hydrogen) atoms. The Hall–Kier alpha value is -1.99. The van der Waals surface area contributed by atoms with E-state index in [1.807, 2.05) is 6.92 Å². The van der Waals surface area contributed by atoms with Crippen molar-refractivity contribution in [2.75, 3.05) is 32.8 Å². The molecule has 1 aromatic rings. The number of primary amides is 1. The molecule has 0 atom stereocenters. The van der Waals surface area contributed by atoms with Crippen molar-refractivity contribution in [2.24, 2.45) is 10.7 Å². The number of pyridine rings is 1. The second-order valence-electron chi connectivity index (χ2n) is 6.24. The second-order valence-corrected chi connectivity index (χ2v) is 6.24. The number of hydrogen-bond acceptors (Lipinski definition) is 4. The number of amides is 2. The number of nitrogens with two attached hydrogens (primary N) is 1. The number of carbonyl (C=O) groups is 1. The fourth-order valence-electron chi connectivity index (χ4n) is 2.70. The van der Waals surface area contributed by atoms with Gasteiger partial charge in [0.15, 0.2) is 5.96 Å². The number of alkyl halides is 3. The number of nitrogens with one attached hydrogen (secondary N) is 2. The van der Waals surface area contributed by atoms with Crippen LogP contribution in [0, 0.1) is 0 Å². The van der Waals surface area contributed by atoms with Gasteiger partial charge in [-0.15, -0.1) is 24.0 Å². The van der Waals surface area contributed by atoms with E-state index in [2.05, 4.69) is 20.6 Å². The van der Waals surface area contributed by atoms with Crippen molar-refractivity contribution in [1.82, 2.24) is 20.5 Å². The summed E-state index contributed by atoms with van der Waals surface area (Å²) in [6.45, 7) is 4.28. The van der Waals surface area contributed by atoms with Gasteiger partial charge >= 0.3 is 12.2 Å². The van der Waals surface area contributed by atoms with Gasteiger partial charge in [-0.3, -0.25) is 0 Å². The number of hydrogen-bond donors (Lipinski definition) is 3. The first-order valence-corrected chi connectivity index (χ1v) is 9.05. The lowest BCUT2D eigenvalue weighted by Gasteiger charge is -2.32. The minimum absolute atomic E-state index is 0. The van der Waals surface area contributed by atoms with Crippen molar-refractivity contribution in [1.29, 1.82) is 0 Å². The molecule has 1 aliphatic rings. The van der Waals surface area contributed by atoms with Gasteiger partial charge in [0.1, 0.15) is 6.61 Å². The van der Waals surface area contributed by atoms with Crippen molar-refractivity contribution in [2.45, 2.75) is 32.0 Å². The highest BCUT2D eigenvalue weighted by Crippen LogP contribution is 2.29. The SMILES string of the molecule is CCNC(=NCCOc1ccc(C(F)(F)F)cn1)NC1CCN(C(N)=O)CC1.I. The molecule has 1 saturated heterocycles. The van der Waals surface area contributed by atoms with E-state index in [1.54, 1.807) is 4.90 Å². The number of urea groups is 1. The average molecular weight is 530 g/mol. The monoisotopic (exact) mass is 530 g/mol. The zero-order valence-corrected chi connectivity index (χ0v) is 18.4. The Balaban J connectivity index is 0.00000420. The minimum atomic E-state index is -4.42. The number of likely N-dealkylation sites (tertiary alicyclic amines) is 1. The molecule has 0 spiro atoms. The van der Waals surface area contributed by atoms with Gasteiger partial charge in [0.25, 0.3) is 0 Å². The van der Waals surface area contributed by atoms with Crippen molar-refractivity contribution < 1.29 is 22.7 Å². The minimum Gasteiger partial charge on any atom is -0.476 e. The average Bonchev–Trinajstić information content (AvgIpc) is 2.65. The molecule has 0 aliphatic carbocycles. The lowest BCUT2D eigenvalue weighted by Crippen LogP contribution is -2.50. The van der Waals surface area contributed by atoms with Crippen molar-refractivity contribution >= 4 is 36.0 Å². The molecule has 0 saturated carbocycles. The molecular formula is C17H26F3IN6O2. The van der Waals surface area contributed by atoms with Gasteiger partial charge in [0.05, 0.1) is 12.1 Å². The molecule has 1 aromatic heterocycles. The van der Waals surface area contributed by atoms with E-state index >= 15 is 0 Å². The van der Waals surface area contributed by atoms with Gasteiger partial charge in [0, 0.05) is 37.9 Å². The summed E-state index contributed by atoms with van der Waals surface area (Å²) in [7, 11) is 0. The Bertz CT molecular complexity index is 664. The van der Waals surface area contributed by atoms with Crippen molar-refractivity contribution in [3.8, 4) is 5.88 Å². The summed E-state index contributed by atoms with van der Waals surface area (Å²) in [5, 5.41) is 6.43. The third kappa shape index (κ3) is 8.50.